The van der Waals surface area contributed by atoms with Gasteiger partial charge in [0.15, 0.2) is 0 Å². The van der Waals surface area contributed by atoms with Crippen LogP contribution in [0.3, 0.4) is 0 Å². The Morgan fingerprint density at radius 3 is 2.13 bits per heavy atom. The fourth-order valence-electron chi connectivity index (χ4n) is 5.61. The molecular weight excluding hydrogens is 202 g/mol. The van der Waals surface area contributed by atoms with E-state index in [0.29, 0.717) is 10.8 Å². The van der Waals surface area contributed by atoms with Crippen LogP contribution in [0.4, 0.5) is 0 Å². The first-order valence-electron chi connectivity index (χ1n) is 6.06. The lowest BCUT2D eigenvalue weighted by Crippen LogP contribution is -2.57. The molecule has 4 bridgehead atoms. The Balaban J connectivity index is 2.05. The molecule has 0 N–H and O–H groups in total. The molecule has 0 spiro atoms. The molecule has 0 amide bonds. The summed E-state index contributed by atoms with van der Waals surface area (Å²) in [5.41, 5.74) is 1.28. The number of hydrogen-bond acceptors (Lipinski definition) is 2. The number of thiocarbonyl (C=S) groups is 1. The Morgan fingerprint density at radius 2 is 1.67 bits per heavy atom. The molecule has 2 heteroatoms. The van der Waals surface area contributed by atoms with E-state index < -0.39 is 0 Å². The highest BCUT2D eigenvalue weighted by Crippen LogP contribution is 2.67. The van der Waals surface area contributed by atoms with Gasteiger partial charge in [-0.3, -0.25) is 0 Å². The topological polar surface area (TPSA) is 12.4 Å². The maximum atomic E-state index is 4.84. The van der Waals surface area contributed by atoms with E-state index in [1.807, 2.05) is 0 Å². The molecular formula is C13H19NS. The molecule has 4 aliphatic carbocycles. The number of isothiocyanates is 1. The second kappa shape index (κ2) is 2.73. The van der Waals surface area contributed by atoms with Crippen LogP contribution in [0.1, 0.15) is 52.4 Å². The van der Waals surface area contributed by atoms with Crippen molar-refractivity contribution < 1.29 is 0 Å². The lowest BCUT2D eigenvalue weighted by molar-refractivity contribution is -0.103. The maximum Gasteiger partial charge on any atom is 0.0724 e. The first kappa shape index (κ1) is 9.99. The molecule has 0 saturated heterocycles. The van der Waals surface area contributed by atoms with Gasteiger partial charge in [0, 0.05) is 0 Å². The van der Waals surface area contributed by atoms with Gasteiger partial charge >= 0.3 is 0 Å². The van der Waals surface area contributed by atoms with Crippen LogP contribution in [0.25, 0.3) is 0 Å². The van der Waals surface area contributed by atoms with Crippen LogP contribution in [0, 0.1) is 16.7 Å². The van der Waals surface area contributed by atoms with Gasteiger partial charge in [0.2, 0.25) is 0 Å². The van der Waals surface area contributed by atoms with Crippen LogP contribution in [-0.2, 0) is 0 Å². The molecule has 0 aromatic rings. The van der Waals surface area contributed by atoms with Crippen molar-refractivity contribution in [2.75, 3.05) is 0 Å². The molecule has 4 fully saturated rings. The average molecular weight is 221 g/mol. The minimum Gasteiger partial charge on any atom is -0.226 e. The van der Waals surface area contributed by atoms with E-state index in [-0.39, 0.29) is 5.54 Å². The number of aliphatic imine (C=N–C) groups is 1. The average Bonchev–Trinajstić information content (AvgIpc) is 1.94. The van der Waals surface area contributed by atoms with E-state index in [2.05, 4.69) is 24.0 Å². The summed E-state index contributed by atoms with van der Waals surface area (Å²) >= 11 is 4.84. The van der Waals surface area contributed by atoms with Crippen LogP contribution >= 0.6 is 12.2 Å². The predicted molar refractivity (Wildman–Crippen MR) is 65.2 cm³/mol. The van der Waals surface area contributed by atoms with Crippen molar-refractivity contribution >= 4 is 17.4 Å². The number of hydrogen-bond donors (Lipinski definition) is 0. The molecule has 2 atom stereocenters. The Kier molecular flexibility index (Phi) is 1.81. The van der Waals surface area contributed by atoms with E-state index in [4.69, 9.17) is 12.2 Å². The van der Waals surface area contributed by atoms with Crippen molar-refractivity contribution in [2.45, 2.75) is 57.9 Å². The predicted octanol–water partition coefficient (Wildman–Crippen LogP) is 3.84. The lowest BCUT2D eigenvalue weighted by atomic mass is 9.43. The quantitative estimate of drug-likeness (QED) is 0.484. The minimum atomic E-state index is 0.185. The van der Waals surface area contributed by atoms with Crippen LogP contribution < -0.4 is 0 Å². The van der Waals surface area contributed by atoms with E-state index in [9.17, 15) is 0 Å². The molecule has 4 saturated carbocycles. The standard InChI is InChI=1S/C13H19NS/c1-11-3-10-4-12(2,6-11)8-13(5-10,7-11)14-9-15/h10H,3-8H2,1-2H3. The summed E-state index contributed by atoms with van der Waals surface area (Å²) in [5, 5.41) is 2.67. The van der Waals surface area contributed by atoms with Crippen molar-refractivity contribution in [3.05, 3.63) is 0 Å². The summed E-state index contributed by atoms with van der Waals surface area (Å²) < 4.78 is 0. The van der Waals surface area contributed by atoms with Crippen LogP contribution in [-0.4, -0.2) is 10.7 Å². The van der Waals surface area contributed by atoms with Gasteiger partial charge in [-0.2, -0.15) is 0 Å². The summed E-state index contributed by atoms with van der Waals surface area (Å²) in [7, 11) is 0. The van der Waals surface area contributed by atoms with E-state index in [0.717, 1.165) is 5.92 Å². The normalized spacial score (nSPS) is 56.5. The molecule has 0 aliphatic heterocycles. The molecule has 1 nitrogen and oxygen atoms in total. The zero-order valence-electron chi connectivity index (χ0n) is 9.68. The van der Waals surface area contributed by atoms with Gasteiger partial charge in [-0.1, -0.05) is 13.8 Å². The largest absolute Gasteiger partial charge is 0.226 e. The van der Waals surface area contributed by atoms with Crippen molar-refractivity contribution in [1.82, 2.24) is 0 Å². The highest BCUT2D eigenvalue weighted by molar-refractivity contribution is 7.78. The number of rotatable bonds is 1. The minimum absolute atomic E-state index is 0.185. The zero-order valence-corrected chi connectivity index (χ0v) is 10.5. The SMILES string of the molecule is CC12CC3CC(C)(C1)CC(N=C=S)(C3)C2. The van der Waals surface area contributed by atoms with Crippen LogP contribution in [0.2, 0.25) is 0 Å². The van der Waals surface area contributed by atoms with Crippen LogP contribution in [0.15, 0.2) is 4.99 Å². The van der Waals surface area contributed by atoms with Gasteiger partial charge in [-0.05, 0) is 67.5 Å². The van der Waals surface area contributed by atoms with Gasteiger partial charge in [-0.15, -0.1) is 0 Å². The second-order valence-electron chi connectivity index (χ2n) is 7.06. The van der Waals surface area contributed by atoms with Crippen molar-refractivity contribution in [1.29, 1.82) is 0 Å². The van der Waals surface area contributed by atoms with Crippen molar-refractivity contribution in [2.24, 2.45) is 21.7 Å². The second-order valence-corrected chi connectivity index (χ2v) is 7.24. The smallest absolute Gasteiger partial charge is 0.0724 e. The van der Waals surface area contributed by atoms with Gasteiger partial charge in [0.05, 0.1) is 10.7 Å². The van der Waals surface area contributed by atoms with Gasteiger partial charge in [0.25, 0.3) is 0 Å². The van der Waals surface area contributed by atoms with Gasteiger partial charge < -0.3 is 0 Å². The Hall–Kier alpha value is -0.200. The molecule has 0 heterocycles. The molecule has 0 aromatic heterocycles. The van der Waals surface area contributed by atoms with Gasteiger partial charge in [0.1, 0.15) is 0 Å². The van der Waals surface area contributed by atoms with Gasteiger partial charge in [-0.25, -0.2) is 4.99 Å². The zero-order chi connectivity index (χ0) is 10.7. The molecule has 82 valence electrons. The molecule has 4 aliphatic rings. The first-order valence-corrected chi connectivity index (χ1v) is 6.47. The van der Waals surface area contributed by atoms with E-state index >= 15 is 0 Å². The lowest BCUT2D eigenvalue weighted by Gasteiger charge is -2.63. The van der Waals surface area contributed by atoms with Crippen molar-refractivity contribution in [3.63, 3.8) is 0 Å². The van der Waals surface area contributed by atoms with E-state index in [1.165, 1.54) is 38.5 Å². The summed E-state index contributed by atoms with van der Waals surface area (Å²) in [5.74, 6) is 0.906. The highest BCUT2D eigenvalue weighted by Gasteiger charge is 2.60. The third-order valence-electron chi connectivity index (χ3n) is 4.88. The highest BCUT2D eigenvalue weighted by atomic mass is 32.1. The number of nitrogens with zero attached hydrogens (tertiary/aromatic N) is 1. The fourth-order valence-corrected chi connectivity index (χ4v) is 5.80. The first-order chi connectivity index (χ1) is 6.97. The maximum absolute atomic E-state index is 4.84. The van der Waals surface area contributed by atoms with Crippen molar-refractivity contribution in [3.8, 4) is 0 Å². The Morgan fingerprint density at radius 1 is 1.07 bits per heavy atom. The fraction of sp³-hybridized carbons (Fsp3) is 0.923. The monoisotopic (exact) mass is 221 g/mol. The van der Waals surface area contributed by atoms with Crippen LogP contribution in [0.5, 0.6) is 0 Å². The molecule has 15 heavy (non-hydrogen) atoms. The third-order valence-corrected chi connectivity index (χ3v) is 4.97. The summed E-state index contributed by atoms with van der Waals surface area (Å²) in [6, 6.07) is 0. The molecule has 2 unspecified atom stereocenters. The summed E-state index contributed by atoms with van der Waals surface area (Å²) in [6.07, 6.45) is 8.06. The van der Waals surface area contributed by atoms with E-state index in [1.54, 1.807) is 0 Å². The summed E-state index contributed by atoms with van der Waals surface area (Å²) in [4.78, 5) is 4.57. The molecule has 0 aromatic carbocycles. The summed E-state index contributed by atoms with van der Waals surface area (Å²) in [6.45, 7) is 4.92. The third kappa shape index (κ3) is 1.42. The Bertz CT molecular complexity index is 338. The molecule has 0 radical (unpaired) electrons. The molecule has 4 rings (SSSR count). The Labute approximate surface area is 97.4 Å².